The van der Waals surface area contributed by atoms with E-state index < -0.39 is 0 Å². The molecule has 1 fully saturated rings. The molecule has 1 aliphatic heterocycles. The molecule has 2 N–H and O–H groups in total. The molecule has 1 aromatic rings. The highest BCUT2D eigenvalue weighted by molar-refractivity contribution is 6.31. The maximum atomic E-state index is 12.1. The summed E-state index contributed by atoms with van der Waals surface area (Å²) in [6.45, 7) is 3.53. The maximum absolute atomic E-state index is 12.1. The van der Waals surface area contributed by atoms with Crippen LogP contribution in [0.3, 0.4) is 0 Å². The van der Waals surface area contributed by atoms with E-state index in [0.29, 0.717) is 28.8 Å². The van der Waals surface area contributed by atoms with E-state index >= 15 is 0 Å². The molecule has 1 unspecified atom stereocenters. The molecule has 5 nitrogen and oxygen atoms in total. The van der Waals surface area contributed by atoms with Crippen molar-refractivity contribution in [3.63, 3.8) is 0 Å². The molecule has 1 heterocycles. The number of carbonyl (C=O) groups excluding carboxylic acids is 1. The van der Waals surface area contributed by atoms with Gasteiger partial charge in [0.1, 0.15) is 5.75 Å². The molecule has 0 bridgehead atoms. The lowest BCUT2D eigenvalue weighted by atomic mass is 9.99. The van der Waals surface area contributed by atoms with Crippen molar-refractivity contribution in [2.45, 2.75) is 12.8 Å². The zero-order valence-corrected chi connectivity index (χ0v) is 13.6. The lowest BCUT2D eigenvalue weighted by molar-refractivity contribution is 0.0930. The van der Waals surface area contributed by atoms with Crippen molar-refractivity contribution in [1.29, 1.82) is 0 Å². The average molecular weight is 327 g/mol. The Morgan fingerprint density at radius 3 is 3.05 bits per heavy atom. The first-order chi connectivity index (χ1) is 10.6. The van der Waals surface area contributed by atoms with E-state index in [0.717, 1.165) is 32.5 Å². The number of halogens is 1. The van der Waals surface area contributed by atoms with Gasteiger partial charge in [0, 0.05) is 36.8 Å². The number of hydrogen-bond donors (Lipinski definition) is 2. The molecule has 2 rings (SSSR count). The third-order valence-electron chi connectivity index (χ3n) is 3.94. The van der Waals surface area contributed by atoms with Crippen LogP contribution in [0.15, 0.2) is 18.2 Å². The van der Waals surface area contributed by atoms with E-state index in [2.05, 4.69) is 10.2 Å². The summed E-state index contributed by atoms with van der Waals surface area (Å²) in [5.74, 6) is 0.776. The highest BCUT2D eigenvalue weighted by Crippen LogP contribution is 2.20. The Morgan fingerprint density at radius 2 is 2.32 bits per heavy atom. The molecule has 1 saturated heterocycles. The largest absolute Gasteiger partial charge is 0.497 e. The standard InChI is InChI=1S/C16H23ClN2O3/c1-22-15-8-13(7-14(17)9-15)16(21)18-4-6-19-5-2-3-12(10-19)11-20/h7-9,12,20H,2-6,10-11H2,1H3,(H,18,21). The number of aliphatic hydroxyl groups is 1. The third-order valence-corrected chi connectivity index (χ3v) is 4.16. The molecular formula is C16H23ClN2O3. The topological polar surface area (TPSA) is 61.8 Å². The summed E-state index contributed by atoms with van der Waals surface area (Å²) >= 11 is 5.97. The first-order valence-electron chi connectivity index (χ1n) is 7.58. The van der Waals surface area contributed by atoms with Gasteiger partial charge in [-0.3, -0.25) is 4.79 Å². The predicted molar refractivity (Wildman–Crippen MR) is 86.6 cm³/mol. The number of nitrogens with one attached hydrogen (secondary N) is 1. The Labute approximate surface area is 136 Å². The van der Waals surface area contributed by atoms with E-state index in [9.17, 15) is 9.90 Å². The molecule has 6 heteroatoms. The number of likely N-dealkylation sites (tertiary alicyclic amines) is 1. The normalized spacial score (nSPS) is 19.0. The van der Waals surface area contributed by atoms with Crippen LogP contribution < -0.4 is 10.1 Å². The lowest BCUT2D eigenvalue weighted by Gasteiger charge is -2.31. The minimum absolute atomic E-state index is 0.156. The third kappa shape index (κ3) is 4.87. The number of methoxy groups -OCH3 is 1. The van der Waals surface area contributed by atoms with Crippen molar-refractivity contribution in [3.8, 4) is 5.75 Å². The second-order valence-electron chi connectivity index (χ2n) is 5.63. The van der Waals surface area contributed by atoms with Gasteiger partial charge in [-0.25, -0.2) is 0 Å². The number of ether oxygens (including phenoxy) is 1. The molecule has 22 heavy (non-hydrogen) atoms. The molecular weight excluding hydrogens is 304 g/mol. The predicted octanol–water partition coefficient (Wildman–Crippen LogP) is 1.78. The summed E-state index contributed by atoms with van der Waals surface area (Å²) in [7, 11) is 1.54. The summed E-state index contributed by atoms with van der Waals surface area (Å²) in [6, 6.07) is 4.97. The van der Waals surface area contributed by atoms with Crippen molar-refractivity contribution in [2.75, 3.05) is 39.9 Å². The van der Waals surface area contributed by atoms with E-state index in [1.807, 2.05) is 0 Å². The molecule has 1 atom stereocenters. The van der Waals surface area contributed by atoms with Crippen molar-refractivity contribution in [1.82, 2.24) is 10.2 Å². The van der Waals surface area contributed by atoms with E-state index in [-0.39, 0.29) is 12.5 Å². The Hall–Kier alpha value is -1.30. The van der Waals surface area contributed by atoms with Gasteiger partial charge >= 0.3 is 0 Å². The van der Waals surface area contributed by atoms with E-state index in [1.165, 1.54) is 0 Å². The fourth-order valence-corrected chi connectivity index (χ4v) is 2.97. The van der Waals surface area contributed by atoms with Crippen molar-refractivity contribution < 1.29 is 14.6 Å². The number of rotatable bonds is 6. The van der Waals surface area contributed by atoms with Gasteiger partial charge in [0.25, 0.3) is 5.91 Å². The van der Waals surface area contributed by atoms with Crippen molar-refractivity contribution in [2.24, 2.45) is 5.92 Å². The van der Waals surface area contributed by atoms with Gasteiger partial charge in [0.15, 0.2) is 0 Å². The second kappa shape index (κ2) is 8.36. The number of piperidine rings is 1. The number of carbonyl (C=O) groups is 1. The smallest absolute Gasteiger partial charge is 0.251 e. The average Bonchev–Trinajstić information content (AvgIpc) is 2.54. The highest BCUT2D eigenvalue weighted by Gasteiger charge is 2.18. The van der Waals surface area contributed by atoms with Gasteiger partial charge in [-0.1, -0.05) is 11.6 Å². The van der Waals surface area contributed by atoms with Gasteiger partial charge in [0.2, 0.25) is 0 Å². The zero-order chi connectivity index (χ0) is 15.9. The van der Waals surface area contributed by atoms with Crippen molar-refractivity contribution >= 4 is 17.5 Å². The molecule has 1 amide bonds. The van der Waals surface area contributed by atoms with Crippen LogP contribution in [0.25, 0.3) is 0 Å². The SMILES string of the molecule is COc1cc(Cl)cc(C(=O)NCCN2CCCC(CO)C2)c1. The summed E-state index contributed by atoms with van der Waals surface area (Å²) in [5, 5.41) is 12.6. The summed E-state index contributed by atoms with van der Waals surface area (Å²) < 4.78 is 5.11. The molecule has 0 spiro atoms. The minimum Gasteiger partial charge on any atom is -0.497 e. The quantitative estimate of drug-likeness (QED) is 0.836. The summed E-state index contributed by atoms with van der Waals surface area (Å²) in [6.07, 6.45) is 2.19. The molecule has 0 aliphatic carbocycles. The van der Waals surface area contributed by atoms with Gasteiger partial charge < -0.3 is 20.1 Å². The molecule has 0 saturated carbocycles. The Kier molecular flexibility index (Phi) is 6.49. The number of benzene rings is 1. The van der Waals surface area contributed by atoms with E-state index in [1.54, 1.807) is 25.3 Å². The monoisotopic (exact) mass is 326 g/mol. The Morgan fingerprint density at radius 1 is 1.50 bits per heavy atom. The molecule has 0 aromatic heterocycles. The number of aliphatic hydroxyl groups excluding tert-OH is 1. The van der Waals surface area contributed by atoms with Gasteiger partial charge in [-0.05, 0) is 43.5 Å². The number of nitrogens with zero attached hydrogens (tertiary/aromatic N) is 1. The Balaban J connectivity index is 1.81. The van der Waals surface area contributed by atoms with Crippen LogP contribution in [-0.2, 0) is 0 Å². The first kappa shape index (κ1) is 17.1. The molecule has 1 aromatic carbocycles. The maximum Gasteiger partial charge on any atom is 0.251 e. The molecule has 1 aliphatic rings. The molecule has 0 radical (unpaired) electrons. The van der Waals surface area contributed by atoms with Crippen LogP contribution in [-0.4, -0.2) is 55.8 Å². The van der Waals surface area contributed by atoms with Crippen LogP contribution in [0.5, 0.6) is 5.75 Å². The zero-order valence-electron chi connectivity index (χ0n) is 12.8. The van der Waals surface area contributed by atoms with Crippen LogP contribution >= 0.6 is 11.6 Å². The van der Waals surface area contributed by atoms with Gasteiger partial charge in [0.05, 0.1) is 7.11 Å². The minimum atomic E-state index is -0.156. The van der Waals surface area contributed by atoms with Crippen LogP contribution in [0.2, 0.25) is 5.02 Å². The Bertz CT molecular complexity index is 510. The second-order valence-corrected chi connectivity index (χ2v) is 6.06. The summed E-state index contributed by atoms with van der Waals surface area (Å²) in [4.78, 5) is 14.4. The highest BCUT2D eigenvalue weighted by atomic mass is 35.5. The molecule has 122 valence electrons. The van der Waals surface area contributed by atoms with Crippen molar-refractivity contribution in [3.05, 3.63) is 28.8 Å². The number of hydrogen-bond acceptors (Lipinski definition) is 4. The number of amides is 1. The fourth-order valence-electron chi connectivity index (χ4n) is 2.74. The van der Waals surface area contributed by atoms with Crippen LogP contribution in [0.1, 0.15) is 23.2 Å². The van der Waals surface area contributed by atoms with Gasteiger partial charge in [-0.2, -0.15) is 0 Å². The van der Waals surface area contributed by atoms with E-state index in [4.69, 9.17) is 16.3 Å². The lowest BCUT2D eigenvalue weighted by Crippen LogP contribution is -2.41. The van der Waals surface area contributed by atoms with Crippen LogP contribution in [0, 0.1) is 5.92 Å². The van der Waals surface area contributed by atoms with Crippen LogP contribution in [0.4, 0.5) is 0 Å². The fraction of sp³-hybridized carbons (Fsp3) is 0.562. The first-order valence-corrected chi connectivity index (χ1v) is 7.96. The van der Waals surface area contributed by atoms with Gasteiger partial charge in [-0.15, -0.1) is 0 Å². The summed E-state index contributed by atoms with van der Waals surface area (Å²) in [5.41, 5.74) is 0.497.